The summed E-state index contributed by atoms with van der Waals surface area (Å²) in [5.41, 5.74) is 6.45. The Hall–Kier alpha value is -2.24. The molecule has 0 radical (unpaired) electrons. The third-order valence-electron chi connectivity index (χ3n) is 5.73. The number of nitrogens with one attached hydrogen (secondary N) is 3. The average Bonchev–Trinajstić information content (AvgIpc) is 3.09. The minimum atomic E-state index is -0.0867. The molecule has 1 heterocycles. The summed E-state index contributed by atoms with van der Waals surface area (Å²) in [6, 6.07) is 14.3. The van der Waals surface area contributed by atoms with Gasteiger partial charge in [-0.3, -0.25) is 4.79 Å². The van der Waals surface area contributed by atoms with Crippen LogP contribution >= 0.6 is 12.6 Å². The Balaban J connectivity index is 1.55. The Bertz CT molecular complexity index is 1020. The van der Waals surface area contributed by atoms with Crippen LogP contribution in [-0.4, -0.2) is 23.5 Å². The number of hydrogen-bond donors (Lipinski definition) is 4. The molecule has 0 bridgehead atoms. The highest BCUT2D eigenvalue weighted by atomic mass is 32.1. The minimum Gasteiger partial charge on any atom is -0.358 e. The monoisotopic (exact) mass is 407 g/mol. The molecule has 1 atom stereocenters. The molecule has 3 aromatic rings. The fraction of sp³-hybridized carbons (Fsp3) is 0.375. The third-order valence-corrected chi connectivity index (χ3v) is 6.10. The largest absolute Gasteiger partial charge is 0.358 e. The van der Waals surface area contributed by atoms with Crippen LogP contribution in [0.4, 0.5) is 5.69 Å². The zero-order valence-electron chi connectivity index (χ0n) is 17.1. The molecule has 29 heavy (non-hydrogen) atoms. The number of fused-ring (bicyclic) bond motifs is 3. The van der Waals surface area contributed by atoms with Crippen molar-refractivity contribution in [3.05, 3.63) is 64.8 Å². The summed E-state index contributed by atoms with van der Waals surface area (Å²) in [5.74, 6) is 1.19. The summed E-state index contributed by atoms with van der Waals surface area (Å²) in [7, 11) is 0. The highest BCUT2D eigenvalue weighted by molar-refractivity contribution is 7.79. The van der Waals surface area contributed by atoms with Crippen molar-refractivity contribution in [3.8, 4) is 0 Å². The van der Waals surface area contributed by atoms with Crippen LogP contribution in [0.25, 0.3) is 10.9 Å². The summed E-state index contributed by atoms with van der Waals surface area (Å²) in [5, 5.41) is 7.87. The second-order valence-electron chi connectivity index (χ2n) is 8.33. The summed E-state index contributed by atoms with van der Waals surface area (Å²) in [4.78, 5) is 16.3. The minimum absolute atomic E-state index is 0.0867. The second kappa shape index (κ2) is 8.64. The summed E-state index contributed by atoms with van der Waals surface area (Å²) < 4.78 is 0. The Labute approximate surface area is 177 Å². The molecule has 0 saturated carbocycles. The van der Waals surface area contributed by atoms with Gasteiger partial charge in [-0.15, -0.1) is 0 Å². The third kappa shape index (κ3) is 4.51. The van der Waals surface area contributed by atoms with Crippen molar-refractivity contribution in [1.82, 2.24) is 10.3 Å². The number of hydrogen-bond acceptors (Lipinski definition) is 3. The van der Waals surface area contributed by atoms with E-state index in [0.29, 0.717) is 23.3 Å². The summed E-state index contributed by atoms with van der Waals surface area (Å²) in [6.07, 6.45) is 3.38. The number of amides is 1. The van der Waals surface area contributed by atoms with Crippen molar-refractivity contribution in [3.63, 3.8) is 0 Å². The lowest BCUT2D eigenvalue weighted by Gasteiger charge is -2.24. The molecule has 0 aliphatic heterocycles. The molecule has 0 saturated heterocycles. The van der Waals surface area contributed by atoms with Crippen LogP contribution in [0, 0.1) is 5.92 Å². The first-order valence-corrected chi connectivity index (χ1v) is 11.0. The van der Waals surface area contributed by atoms with E-state index in [4.69, 9.17) is 0 Å². The molecule has 1 amide bonds. The number of aromatic nitrogens is 1. The van der Waals surface area contributed by atoms with Crippen LogP contribution in [0.1, 0.15) is 47.4 Å². The highest BCUT2D eigenvalue weighted by Gasteiger charge is 2.23. The maximum atomic E-state index is 12.7. The fourth-order valence-corrected chi connectivity index (χ4v) is 4.35. The van der Waals surface area contributed by atoms with Crippen LogP contribution < -0.4 is 10.6 Å². The number of carbonyl (C=O) groups is 1. The first-order chi connectivity index (χ1) is 14.0. The van der Waals surface area contributed by atoms with E-state index in [2.05, 4.69) is 54.2 Å². The number of H-pyrrole nitrogens is 1. The van der Waals surface area contributed by atoms with E-state index in [1.807, 2.05) is 30.3 Å². The number of carbonyl (C=O) groups excluding carboxylic acids is 1. The molecule has 5 heteroatoms. The number of aryl methyl sites for hydroxylation is 1. The van der Waals surface area contributed by atoms with E-state index < -0.39 is 0 Å². The number of rotatable bonds is 6. The number of aromatic amines is 1. The van der Waals surface area contributed by atoms with Gasteiger partial charge in [0.2, 0.25) is 0 Å². The standard InChI is InChI=1S/C24H29N3OS/c1-15(2)25-13-16-6-8-22-20(11-16)21-12-19(7-9-23(21)27-22)26-24(28)18-5-3-4-17(10-18)14-29/h3-5,7,9-10,12,15-16,25,27,29H,6,8,11,13-14H2,1-2H3,(H,26,28). The Morgan fingerprint density at radius 2 is 2.10 bits per heavy atom. The quantitative estimate of drug-likeness (QED) is 0.437. The van der Waals surface area contributed by atoms with Gasteiger partial charge in [-0.1, -0.05) is 26.0 Å². The van der Waals surface area contributed by atoms with Crippen molar-refractivity contribution in [1.29, 1.82) is 0 Å². The molecule has 0 fully saturated rings. The van der Waals surface area contributed by atoms with Crippen molar-refractivity contribution in [2.24, 2.45) is 5.92 Å². The van der Waals surface area contributed by atoms with E-state index in [1.165, 1.54) is 23.1 Å². The predicted molar refractivity (Wildman–Crippen MR) is 124 cm³/mol. The molecular weight excluding hydrogens is 378 g/mol. The topological polar surface area (TPSA) is 56.9 Å². The molecule has 2 aromatic carbocycles. The highest BCUT2D eigenvalue weighted by Crippen LogP contribution is 2.33. The molecule has 1 aliphatic carbocycles. The first kappa shape index (κ1) is 20.0. The Morgan fingerprint density at radius 3 is 2.90 bits per heavy atom. The van der Waals surface area contributed by atoms with Gasteiger partial charge in [0.15, 0.2) is 0 Å². The summed E-state index contributed by atoms with van der Waals surface area (Å²) >= 11 is 4.30. The molecule has 3 N–H and O–H groups in total. The van der Waals surface area contributed by atoms with Crippen molar-refractivity contribution in [2.75, 3.05) is 11.9 Å². The molecule has 4 rings (SSSR count). The Kier molecular flexibility index (Phi) is 5.97. The number of benzene rings is 2. The molecule has 1 unspecified atom stereocenters. The van der Waals surface area contributed by atoms with Crippen LogP contribution in [0.2, 0.25) is 0 Å². The molecule has 1 aromatic heterocycles. The summed E-state index contributed by atoms with van der Waals surface area (Å²) in [6.45, 7) is 5.45. The smallest absolute Gasteiger partial charge is 0.255 e. The van der Waals surface area contributed by atoms with Crippen molar-refractivity contribution < 1.29 is 4.79 Å². The van der Waals surface area contributed by atoms with Crippen LogP contribution in [0.15, 0.2) is 42.5 Å². The maximum absolute atomic E-state index is 12.7. The predicted octanol–water partition coefficient (Wildman–Crippen LogP) is 4.95. The normalized spacial score (nSPS) is 16.2. The van der Waals surface area contributed by atoms with Gasteiger partial charge in [-0.05, 0) is 73.2 Å². The molecule has 4 nitrogen and oxygen atoms in total. The van der Waals surface area contributed by atoms with E-state index in [0.717, 1.165) is 36.2 Å². The lowest BCUT2D eigenvalue weighted by atomic mass is 9.86. The van der Waals surface area contributed by atoms with Crippen molar-refractivity contribution in [2.45, 2.75) is 44.9 Å². The van der Waals surface area contributed by atoms with Gasteiger partial charge in [-0.25, -0.2) is 0 Å². The zero-order valence-corrected chi connectivity index (χ0v) is 18.0. The number of thiol groups is 1. The van der Waals surface area contributed by atoms with Gasteiger partial charge < -0.3 is 15.6 Å². The van der Waals surface area contributed by atoms with E-state index in [9.17, 15) is 4.79 Å². The van der Waals surface area contributed by atoms with Gasteiger partial charge in [0.1, 0.15) is 0 Å². The van der Waals surface area contributed by atoms with Gasteiger partial charge >= 0.3 is 0 Å². The molecular formula is C24H29N3OS. The molecule has 0 spiro atoms. The first-order valence-electron chi connectivity index (χ1n) is 10.4. The number of anilines is 1. The lowest BCUT2D eigenvalue weighted by molar-refractivity contribution is 0.102. The zero-order chi connectivity index (χ0) is 20.4. The van der Waals surface area contributed by atoms with E-state index in [1.54, 1.807) is 0 Å². The van der Waals surface area contributed by atoms with Gasteiger partial charge in [0.25, 0.3) is 5.91 Å². The van der Waals surface area contributed by atoms with Gasteiger partial charge in [-0.2, -0.15) is 12.6 Å². The van der Waals surface area contributed by atoms with Crippen molar-refractivity contribution >= 4 is 35.1 Å². The van der Waals surface area contributed by atoms with E-state index in [-0.39, 0.29) is 5.91 Å². The van der Waals surface area contributed by atoms with Crippen LogP contribution in [0.5, 0.6) is 0 Å². The lowest BCUT2D eigenvalue weighted by Crippen LogP contribution is -2.31. The average molecular weight is 408 g/mol. The van der Waals surface area contributed by atoms with Gasteiger partial charge in [0, 0.05) is 39.6 Å². The van der Waals surface area contributed by atoms with E-state index >= 15 is 0 Å². The van der Waals surface area contributed by atoms with Crippen LogP contribution in [0.3, 0.4) is 0 Å². The second-order valence-corrected chi connectivity index (χ2v) is 8.64. The molecule has 1 aliphatic rings. The fourth-order valence-electron chi connectivity index (χ4n) is 4.16. The van der Waals surface area contributed by atoms with Gasteiger partial charge in [0.05, 0.1) is 0 Å². The SMILES string of the molecule is CC(C)NCC1CCc2[nH]c3ccc(NC(=O)c4cccc(CS)c4)cc3c2C1. The maximum Gasteiger partial charge on any atom is 0.255 e. The van der Waals surface area contributed by atoms with Crippen LogP contribution in [-0.2, 0) is 18.6 Å². The Morgan fingerprint density at radius 1 is 1.24 bits per heavy atom. The molecule has 152 valence electrons.